The first-order valence-corrected chi connectivity index (χ1v) is 51.5. The molecule has 5 aromatic heterocycles. The molecule has 4 amide bonds. The number of nitrogens with zero attached hydrogens (tertiary/aromatic N) is 4. The Morgan fingerprint density at radius 1 is 0.486 bits per heavy atom. The third-order valence-electron chi connectivity index (χ3n) is 15.2. The summed E-state index contributed by atoms with van der Waals surface area (Å²) in [6.45, 7) is 28.0. The molecule has 0 aliphatic carbocycles. The molecule has 0 unspecified atom stereocenters. The van der Waals surface area contributed by atoms with E-state index in [1.165, 1.54) is 65.9 Å². The molecule has 0 bridgehead atoms. The van der Waals surface area contributed by atoms with Crippen molar-refractivity contribution in [1.29, 1.82) is 0 Å². The average Bonchev–Trinajstić information content (AvgIpc) is 0.957. The van der Waals surface area contributed by atoms with Gasteiger partial charge in [0.05, 0.1) is 65.8 Å². The van der Waals surface area contributed by atoms with Gasteiger partial charge in [-0.2, -0.15) is 0 Å². The van der Waals surface area contributed by atoms with E-state index in [0.29, 0.717) is 64.3 Å². The molecule has 0 saturated carbocycles. The van der Waals surface area contributed by atoms with Crippen molar-refractivity contribution >= 4 is 110 Å². The van der Waals surface area contributed by atoms with E-state index in [1.807, 2.05) is 107 Å². The van der Waals surface area contributed by atoms with Crippen molar-refractivity contribution < 1.29 is 283 Å². The van der Waals surface area contributed by atoms with E-state index in [2.05, 4.69) is 245 Å². The van der Waals surface area contributed by atoms with E-state index in [1.54, 1.807) is 92.0 Å². The third kappa shape index (κ3) is 77.1. The Morgan fingerprint density at radius 3 is 0.973 bits per heavy atom. The second-order valence-electron chi connectivity index (χ2n) is 31.7. The van der Waals surface area contributed by atoms with Crippen LogP contribution in [-0.2, 0) is 104 Å². The van der Waals surface area contributed by atoms with Crippen LogP contribution in [0.1, 0.15) is 163 Å². The van der Waals surface area contributed by atoms with Crippen LogP contribution in [0.3, 0.4) is 0 Å². The number of terminal acetylenes is 1. The molecular formula is C100H127BBrClCuK2N9NaO28Si2. The molecule has 0 aliphatic heterocycles. The molecule has 0 spiro atoms. The number of carbonyl (C=O) groups excluding carboxylic acids is 10. The predicted octanol–water partition coefficient (Wildman–Crippen LogP) is 0.235. The van der Waals surface area contributed by atoms with Gasteiger partial charge in [-0.3, -0.25) is 34.0 Å². The Hall–Kier alpha value is -9.34. The fourth-order valence-electron chi connectivity index (χ4n) is 9.21. The van der Waals surface area contributed by atoms with Crippen LogP contribution >= 0.6 is 26.0 Å². The van der Waals surface area contributed by atoms with Crippen LogP contribution in [0.2, 0.25) is 39.3 Å². The first-order valence-electron chi connectivity index (χ1n) is 42.4. The summed E-state index contributed by atoms with van der Waals surface area (Å²) in [6.07, 6.45) is 3.07. The van der Waals surface area contributed by atoms with Gasteiger partial charge in [0.1, 0.15) is 45.2 Å². The summed E-state index contributed by atoms with van der Waals surface area (Å²) in [7, 11) is 25.7. The number of amides is 4. The minimum Gasteiger partial charge on any atom is -1.00 e. The zero-order chi connectivity index (χ0) is 110. The minimum absolute atomic E-state index is 0. The van der Waals surface area contributed by atoms with Crippen molar-refractivity contribution in [2.24, 2.45) is 5.90 Å². The standard InChI is InChI=1S/C23H24N2O5.C22H23N3O5.C14H14BrNO4.C12H19NOSi.C10H14O2Si.C9H11NO.C4H6O4.C3H8.C2H3BO2.CH2O3.ClH.Cu.2K.H3NO.Na.H/c1-16(26)21(23(28)29-4)24-22(27)18-11-9-17(10-12-18)7-5-6-8-19-13-14-20(30-19)15-25(2)3;1-15(26)20(22(28)24-29)23-21(27)17-10-8-16(9-11-17)6-4-5-7-18-12-13-19(30-18)14-25(2)3;1-9(17)12(14(19)20-2)16-13(18)11-5-3-10(4-6-11)7-8-15;1-13(2)10-12-7-6-11(14-12)8-9-15(3,4)5;1-11-10-6-5-9(12-10)7-8-13(2,3)4;1-4-8-5-6-9(11-8)7-10(2)3;1-3(5)7-8-4(2)6;1-3-2;1-2(4)5-3;2-1-4-3;;;;;1-2;;/h9-14,16,21,26H,15H2,1-4H3,(H,24,27);8-13,15,20,26,29H,14H2,1-3H3,(H,23,27)(H,24,28);3-6,9,12,17H,1-2H3,(H,16,18);6-7H,10H2,1-5H3;5-6H,1-4H3;1,5-6H,7H2,2-3H3;1-2H3;3H2,1-2H3;1H3;1,3H;1H;;;;2H,1H2;;/q;;;;;;;;-1;;;3*+1;;+1;-1/p-2/t16-,21+;15-,20+;9-,12+;;;;;;;;;;;;;;/m111............../s1. The van der Waals surface area contributed by atoms with Crippen molar-refractivity contribution in [3.63, 3.8) is 0 Å². The van der Waals surface area contributed by atoms with E-state index in [0.717, 1.165) is 61.3 Å². The molecule has 0 fully saturated rings. The van der Waals surface area contributed by atoms with Crippen molar-refractivity contribution in [2.45, 2.75) is 164 Å². The predicted molar refractivity (Wildman–Crippen MR) is 541 cm³/mol. The first-order chi connectivity index (χ1) is 67.4. The number of rotatable bonds is 22. The fourth-order valence-corrected chi connectivity index (χ4v) is 10.4. The second kappa shape index (κ2) is 88.6. The smallest absolute Gasteiger partial charge is 1.00 e. The van der Waals surface area contributed by atoms with Gasteiger partial charge in [-0.15, -0.1) is 17.5 Å². The number of carbonyl (C=O) groups is 10. The monoisotopic (exact) mass is 2250 g/mol. The minimum atomic E-state index is -1.30. The molecule has 6 atom stereocenters. The molecular weight excluding hydrogens is 2120 g/mol. The van der Waals surface area contributed by atoms with Gasteiger partial charge in [-0.1, -0.05) is 77.3 Å². The number of halogens is 2. The summed E-state index contributed by atoms with van der Waals surface area (Å²) in [6, 6.07) is 34.4. The molecule has 37 nitrogen and oxygen atoms in total. The van der Waals surface area contributed by atoms with Crippen molar-refractivity contribution in [3.8, 4) is 99.3 Å². The normalized spacial score (nSPS) is 10.5. The number of nitrogens with one attached hydrogen (secondary N) is 4. The van der Waals surface area contributed by atoms with Crippen molar-refractivity contribution in [3.05, 3.63) is 219 Å². The Kier molecular flexibility index (Phi) is 90.8. The van der Waals surface area contributed by atoms with Crippen LogP contribution in [0.5, 0.6) is 5.95 Å². The van der Waals surface area contributed by atoms with Gasteiger partial charge in [0.25, 0.3) is 36.0 Å². The van der Waals surface area contributed by atoms with E-state index in [4.69, 9.17) is 53.7 Å². The van der Waals surface area contributed by atoms with Gasteiger partial charge in [-0.25, -0.2) is 40.3 Å². The number of furan rings is 5. The second-order valence-corrected chi connectivity index (χ2v) is 41.6. The Bertz CT molecular complexity index is 5510. The van der Waals surface area contributed by atoms with Crippen LogP contribution in [0.25, 0.3) is 0 Å². The third-order valence-corrected chi connectivity index (χ3v) is 17.2. The van der Waals surface area contributed by atoms with Crippen LogP contribution in [-0.4, -0.2) is 244 Å². The van der Waals surface area contributed by atoms with E-state index >= 15 is 0 Å². The SMILES string of the molecule is C#Cc1ccc(CN(C)C)o1.CC(=O)OOC(C)=O.CCC.CN(C)Cc1ccc(C#C[Si](C)(C)C)o1.COC(=O)[C@@H](NC(=O)c1ccc(C#CBr)cc1)[C@@H](C)O.COC(=O)[C@@H](NC(=O)c1ccc(C#CC#Cc2ccc(CN(C)C)o2)cc1)[C@@H](C)O.COc1ccc(C#C[Si](C)(C)C)o1.C[C@@H](O)[C@H](NC(=O)c1ccc(C#CC#Cc2ccc(CN(C)C)o2)cc1)C(=O)NO.NO.O=CO[O-].[B-]OC(C)=O.[Cl][Cu].[H-].[K+].[K+].[Na+]. The molecule has 146 heavy (non-hydrogen) atoms. The Morgan fingerprint density at radius 2 is 0.747 bits per heavy atom. The zero-order valence-corrected chi connectivity index (χ0v) is 101. The number of aliphatic hydroxyl groups is 3. The Balaban J connectivity index is -0.000000256. The molecule has 11 N–H and O–H groups in total. The summed E-state index contributed by atoms with van der Waals surface area (Å²) in [5.74, 6) is 38.7. The summed E-state index contributed by atoms with van der Waals surface area (Å²) < 4.78 is 44.9. The number of methoxy groups -OCH3 is 3. The summed E-state index contributed by atoms with van der Waals surface area (Å²) in [5.41, 5.74) is 10.9. The summed E-state index contributed by atoms with van der Waals surface area (Å²) in [5, 5.41) is 59.5. The van der Waals surface area contributed by atoms with Gasteiger partial charge < -0.3 is 117 Å². The quantitative estimate of drug-likeness (QED) is 0.00826. The average molecular weight is 2250 g/mol. The number of ether oxygens (including phenoxy) is 3. The Labute approximate surface area is 988 Å². The van der Waals surface area contributed by atoms with E-state index in [-0.39, 0.29) is 146 Å². The number of nitrogens with two attached hydrogens (primary N) is 1. The molecule has 0 saturated heterocycles. The van der Waals surface area contributed by atoms with Crippen molar-refractivity contribution in [2.75, 3.05) is 77.7 Å². The number of benzene rings is 3. The maximum absolute atomic E-state index is 12.3. The molecule has 8 aromatic rings. The molecule has 46 heteroatoms. The number of esters is 2. The first kappa shape index (κ1) is 150. The summed E-state index contributed by atoms with van der Waals surface area (Å²) >= 11 is 6.65. The maximum Gasteiger partial charge on any atom is 1.00 e. The number of hydrogen-bond donors (Lipinski definition) is 10. The van der Waals surface area contributed by atoms with Crippen LogP contribution in [0.4, 0.5) is 0 Å². The molecule has 8 rings (SSSR count). The zero-order valence-electron chi connectivity index (χ0n) is 88.5. The largest absolute Gasteiger partial charge is 1.00 e. The molecule has 779 valence electrons. The van der Waals surface area contributed by atoms with Crippen LogP contribution in [0, 0.1) is 93.4 Å². The van der Waals surface area contributed by atoms with Crippen LogP contribution in [0.15, 0.2) is 156 Å². The number of hydroxylamine groups is 1. The van der Waals surface area contributed by atoms with Gasteiger partial charge in [-0.05, 0) is 263 Å². The van der Waals surface area contributed by atoms with Gasteiger partial charge in [0.2, 0.25) is 5.97 Å². The summed E-state index contributed by atoms with van der Waals surface area (Å²) in [4.78, 5) is 130. The molecule has 3 aromatic carbocycles. The molecule has 3 radical (unpaired) electrons. The number of hydrogen-bond acceptors (Lipinski definition) is 33. The van der Waals surface area contributed by atoms with Gasteiger partial charge in [0.15, 0.2) is 40.9 Å². The molecule has 5 heterocycles. The van der Waals surface area contributed by atoms with Gasteiger partial charge >= 0.3 is 181 Å². The van der Waals surface area contributed by atoms with Gasteiger partial charge in [0, 0.05) is 76.1 Å². The van der Waals surface area contributed by atoms with Crippen molar-refractivity contribution in [1.82, 2.24) is 41.0 Å². The van der Waals surface area contributed by atoms with E-state index < -0.39 is 106 Å². The topological polar surface area (TPSA) is 512 Å². The fraction of sp³-hybridized carbons (Fsp3) is 0.360. The van der Waals surface area contributed by atoms with Crippen LogP contribution < -0.4 is 170 Å². The van der Waals surface area contributed by atoms with E-state index in [9.17, 15) is 58.5 Å². The number of aliphatic hydroxyl groups excluding tert-OH is 3. The molecule has 0 aliphatic rings. The maximum atomic E-state index is 12.3.